The summed E-state index contributed by atoms with van der Waals surface area (Å²) in [6.45, 7) is 3.45. The van der Waals surface area contributed by atoms with Gasteiger partial charge in [0.15, 0.2) is 5.65 Å². The second-order valence-electron chi connectivity index (χ2n) is 6.38. The summed E-state index contributed by atoms with van der Waals surface area (Å²) in [6, 6.07) is 4.50. The molecule has 2 aliphatic rings. The van der Waals surface area contributed by atoms with Gasteiger partial charge in [-0.2, -0.15) is 0 Å². The van der Waals surface area contributed by atoms with Gasteiger partial charge < -0.3 is 14.0 Å². The highest BCUT2D eigenvalue weighted by Gasteiger charge is 2.24. The Balaban J connectivity index is 1.68. The van der Waals surface area contributed by atoms with Crippen molar-refractivity contribution in [3.63, 3.8) is 0 Å². The fourth-order valence-corrected chi connectivity index (χ4v) is 3.67. The van der Waals surface area contributed by atoms with Gasteiger partial charge in [-0.05, 0) is 43.7 Å². The van der Waals surface area contributed by atoms with Crippen LogP contribution in [0.4, 0.5) is 0 Å². The second kappa shape index (κ2) is 6.34. The Morgan fingerprint density at radius 3 is 2.86 bits per heavy atom. The first-order chi connectivity index (χ1) is 10.9. The van der Waals surface area contributed by atoms with Crippen LogP contribution in [-0.2, 0) is 15.9 Å². The molecule has 2 aromatic heterocycles. The summed E-state index contributed by atoms with van der Waals surface area (Å²) in [5.74, 6) is 1.76. The number of nitrogens with zero attached hydrogens (tertiary/aromatic N) is 3. The van der Waals surface area contributed by atoms with Gasteiger partial charge in [0.2, 0.25) is 0 Å². The molecule has 22 heavy (non-hydrogen) atoms. The van der Waals surface area contributed by atoms with Crippen LogP contribution in [0.15, 0.2) is 18.3 Å². The van der Waals surface area contributed by atoms with Crippen molar-refractivity contribution in [2.24, 2.45) is 5.92 Å². The lowest BCUT2D eigenvalue weighted by molar-refractivity contribution is 0.0520. The molecule has 1 unspecified atom stereocenters. The fraction of sp³-hybridized carbons (Fsp3) is 0.647. The first-order valence-corrected chi connectivity index (χ1v) is 8.39. The minimum Gasteiger partial charge on any atom is -0.381 e. The van der Waals surface area contributed by atoms with Gasteiger partial charge in [-0.1, -0.05) is 0 Å². The van der Waals surface area contributed by atoms with Gasteiger partial charge in [0.1, 0.15) is 11.3 Å². The lowest BCUT2D eigenvalue weighted by Crippen LogP contribution is -2.25. The maximum absolute atomic E-state index is 5.64. The van der Waals surface area contributed by atoms with Crippen molar-refractivity contribution in [2.75, 3.05) is 26.4 Å². The molecule has 0 aliphatic carbocycles. The molecule has 5 nitrogen and oxygen atoms in total. The topological polar surface area (TPSA) is 49.2 Å². The number of hydrogen-bond donors (Lipinski definition) is 0. The van der Waals surface area contributed by atoms with Gasteiger partial charge in [0, 0.05) is 45.1 Å². The zero-order valence-electron chi connectivity index (χ0n) is 12.9. The second-order valence-corrected chi connectivity index (χ2v) is 6.38. The smallest absolute Gasteiger partial charge is 0.160 e. The Labute approximate surface area is 130 Å². The van der Waals surface area contributed by atoms with Gasteiger partial charge in [0.25, 0.3) is 0 Å². The van der Waals surface area contributed by atoms with E-state index >= 15 is 0 Å². The van der Waals surface area contributed by atoms with Crippen LogP contribution < -0.4 is 0 Å². The zero-order chi connectivity index (χ0) is 14.8. The first kappa shape index (κ1) is 14.2. The molecule has 0 radical (unpaired) electrons. The maximum Gasteiger partial charge on any atom is 0.160 e. The van der Waals surface area contributed by atoms with Crippen LogP contribution in [0, 0.1) is 5.92 Å². The molecule has 2 aliphatic heterocycles. The van der Waals surface area contributed by atoms with E-state index in [1.54, 1.807) is 0 Å². The summed E-state index contributed by atoms with van der Waals surface area (Å²) in [4.78, 5) is 9.48. The molecule has 118 valence electrons. The molecule has 0 N–H and O–H groups in total. The van der Waals surface area contributed by atoms with Crippen LogP contribution in [-0.4, -0.2) is 41.0 Å². The normalized spacial score (nSPS) is 23.9. The number of ether oxygens (including phenoxy) is 2. The molecule has 4 rings (SSSR count). The molecule has 0 spiro atoms. The van der Waals surface area contributed by atoms with E-state index in [1.807, 2.05) is 12.3 Å². The SMILES string of the molecule is c1cnc2c(c1)nc(CC1CCCOC1)n2C1CCOCC1. The van der Waals surface area contributed by atoms with Crippen LogP contribution in [0.3, 0.4) is 0 Å². The quantitative estimate of drug-likeness (QED) is 0.874. The molecule has 5 heteroatoms. The number of pyridine rings is 1. The molecular weight excluding hydrogens is 278 g/mol. The summed E-state index contributed by atoms with van der Waals surface area (Å²) in [7, 11) is 0. The number of rotatable bonds is 3. The third-order valence-corrected chi connectivity index (χ3v) is 4.80. The Morgan fingerprint density at radius 2 is 2.05 bits per heavy atom. The van der Waals surface area contributed by atoms with E-state index < -0.39 is 0 Å². The Bertz CT molecular complexity index is 628. The van der Waals surface area contributed by atoms with Crippen LogP contribution in [0.25, 0.3) is 11.2 Å². The van der Waals surface area contributed by atoms with Gasteiger partial charge in [-0.25, -0.2) is 9.97 Å². The van der Waals surface area contributed by atoms with Crippen LogP contribution in [0.1, 0.15) is 37.5 Å². The summed E-state index contributed by atoms with van der Waals surface area (Å²) in [5.41, 5.74) is 2.04. The molecule has 2 fully saturated rings. The van der Waals surface area contributed by atoms with E-state index in [-0.39, 0.29) is 0 Å². The molecule has 0 aromatic carbocycles. The number of hydrogen-bond acceptors (Lipinski definition) is 4. The summed E-state index contributed by atoms with van der Waals surface area (Å²) < 4.78 is 13.5. The third kappa shape index (κ3) is 2.75. The molecule has 1 atom stereocenters. The average molecular weight is 301 g/mol. The zero-order valence-corrected chi connectivity index (χ0v) is 12.9. The number of imidazole rings is 1. The van der Waals surface area contributed by atoms with E-state index in [9.17, 15) is 0 Å². The lowest BCUT2D eigenvalue weighted by Gasteiger charge is -2.27. The van der Waals surface area contributed by atoms with E-state index in [4.69, 9.17) is 14.5 Å². The lowest BCUT2D eigenvalue weighted by atomic mass is 9.98. The Hall–Kier alpha value is -1.46. The van der Waals surface area contributed by atoms with Gasteiger partial charge >= 0.3 is 0 Å². The standard InChI is InChI=1S/C17H23N3O2/c1-4-15-17(18-7-1)20(14-5-9-21-10-6-14)16(19-15)11-13-3-2-8-22-12-13/h1,4,7,13-14H,2-3,5-6,8-12H2. The van der Waals surface area contributed by atoms with Gasteiger partial charge in [-0.3, -0.25) is 0 Å². The Morgan fingerprint density at radius 1 is 1.14 bits per heavy atom. The fourth-order valence-electron chi connectivity index (χ4n) is 3.67. The predicted octanol–water partition coefficient (Wildman–Crippen LogP) is 2.75. The van der Waals surface area contributed by atoms with E-state index in [0.717, 1.165) is 56.9 Å². The number of fused-ring (bicyclic) bond motifs is 1. The van der Waals surface area contributed by atoms with Crippen molar-refractivity contribution in [1.82, 2.24) is 14.5 Å². The van der Waals surface area contributed by atoms with Crippen molar-refractivity contribution in [3.05, 3.63) is 24.2 Å². The first-order valence-electron chi connectivity index (χ1n) is 8.39. The maximum atomic E-state index is 5.64. The van der Waals surface area contributed by atoms with E-state index in [1.165, 1.54) is 18.7 Å². The predicted molar refractivity (Wildman–Crippen MR) is 83.9 cm³/mol. The van der Waals surface area contributed by atoms with Gasteiger partial charge in [-0.15, -0.1) is 0 Å². The average Bonchev–Trinajstić information content (AvgIpc) is 2.94. The van der Waals surface area contributed by atoms with Crippen molar-refractivity contribution >= 4 is 11.2 Å². The van der Waals surface area contributed by atoms with Crippen LogP contribution in [0.5, 0.6) is 0 Å². The van der Waals surface area contributed by atoms with Gasteiger partial charge in [0.05, 0.1) is 0 Å². The van der Waals surface area contributed by atoms with E-state index in [0.29, 0.717) is 12.0 Å². The minimum absolute atomic E-state index is 0.466. The molecule has 4 heterocycles. The van der Waals surface area contributed by atoms with Crippen molar-refractivity contribution in [1.29, 1.82) is 0 Å². The highest BCUT2D eigenvalue weighted by atomic mass is 16.5. The molecule has 2 saturated heterocycles. The van der Waals surface area contributed by atoms with Crippen LogP contribution >= 0.6 is 0 Å². The van der Waals surface area contributed by atoms with Crippen molar-refractivity contribution in [3.8, 4) is 0 Å². The molecule has 0 saturated carbocycles. The highest BCUT2D eigenvalue weighted by molar-refractivity contribution is 5.71. The minimum atomic E-state index is 0.466. The monoisotopic (exact) mass is 301 g/mol. The highest BCUT2D eigenvalue weighted by Crippen LogP contribution is 2.29. The van der Waals surface area contributed by atoms with E-state index in [2.05, 4.69) is 15.6 Å². The molecule has 2 aromatic rings. The van der Waals surface area contributed by atoms with Crippen molar-refractivity contribution in [2.45, 2.75) is 38.1 Å². The van der Waals surface area contributed by atoms with Crippen LogP contribution in [0.2, 0.25) is 0 Å². The molecule has 0 amide bonds. The summed E-state index contributed by atoms with van der Waals surface area (Å²) >= 11 is 0. The summed E-state index contributed by atoms with van der Waals surface area (Å²) in [6.07, 6.45) is 7.37. The Kier molecular flexibility index (Phi) is 4.08. The number of aromatic nitrogens is 3. The third-order valence-electron chi connectivity index (χ3n) is 4.80. The summed E-state index contributed by atoms with van der Waals surface area (Å²) in [5, 5.41) is 0. The van der Waals surface area contributed by atoms with Crippen molar-refractivity contribution < 1.29 is 9.47 Å². The molecular formula is C17H23N3O2. The molecule has 0 bridgehead atoms. The largest absolute Gasteiger partial charge is 0.381 e.